The molecule has 3 nitrogen and oxygen atoms in total. The summed E-state index contributed by atoms with van der Waals surface area (Å²) in [4.78, 5) is 11.4. The highest BCUT2D eigenvalue weighted by Crippen LogP contribution is 2.24. The van der Waals surface area contributed by atoms with E-state index in [1.165, 1.54) is 6.08 Å². The molecule has 76 valence electrons. The van der Waals surface area contributed by atoms with Crippen LogP contribution in [0.25, 0.3) is 0 Å². The quantitative estimate of drug-likeness (QED) is 0.701. The molecular formula is C11H14O3. The van der Waals surface area contributed by atoms with E-state index in [2.05, 4.69) is 0 Å². The first-order valence-corrected chi connectivity index (χ1v) is 4.57. The van der Waals surface area contributed by atoms with Crippen molar-refractivity contribution in [2.75, 3.05) is 0 Å². The summed E-state index contributed by atoms with van der Waals surface area (Å²) in [5.41, 5.74) is 0. The first-order valence-electron chi connectivity index (χ1n) is 4.57. The van der Waals surface area contributed by atoms with Crippen molar-refractivity contribution in [3.63, 3.8) is 0 Å². The summed E-state index contributed by atoms with van der Waals surface area (Å²) in [6.07, 6.45) is 6.24. The zero-order valence-electron chi connectivity index (χ0n) is 8.36. The third-order valence-electron chi connectivity index (χ3n) is 1.90. The van der Waals surface area contributed by atoms with Crippen molar-refractivity contribution in [2.45, 2.75) is 26.4 Å². The fourth-order valence-corrected chi connectivity index (χ4v) is 1.26. The van der Waals surface area contributed by atoms with Crippen LogP contribution in [0.3, 0.4) is 0 Å². The number of aliphatic hydroxyl groups is 1. The normalized spacial score (nSPS) is 22.3. The van der Waals surface area contributed by atoms with Crippen LogP contribution in [-0.2, 0) is 9.53 Å². The molecule has 0 aromatic carbocycles. The van der Waals surface area contributed by atoms with Crippen LogP contribution < -0.4 is 0 Å². The highest BCUT2D eigenvalue weighted by molar-refractivity contribution is 5.94. The van der Waals surface area contributed by atoms with Crippen molar-refractivity contribution in [3.8, 4) is 0 Å². The van der Waals surface area contributed by atoms with Crippen molar-refractivity contribution in [2.24, 2.45) is 0 Å². The van der Waals surface area contributed by atoms with Gasteiger partial charge in [-0.05, 0) is 26.0 Å². The van der Waals surface area contributed by atoms with Crippen LogP contribution in [0.2, 0.25) is 0 Å². The van der Waals surface area contributed by atoms with Gasteiger partial charge in [-0.1, -0.05) is 12.2 Å². The summed E-state index contributed by atoms with van der Waals surface area (Å²) in [7, 11) is 0. The molecule has 0 fully saturated rings. The predicted octanol–water partition coefficient (Wildman–Crippen LogP) is 2.27. The van der Waals surface area contributed by atoms with Crippen molar-refractivity contribution < 1.29 is 14.6 Å². The molecule has 0 aliphatic carbocycles. The summed E-state index contributed by atoms with van der Waals surface area (Å²) in [5, 5.41) is 9.43. The van der Waals surface area contributed by atoms with Gasteiger partial charge in [-0.3, -0.25) is 4.79 Å². The summed E-state index contributed by atoms with van der Waals surface area (Å²) in [5.74, 6) is 0.430. The molecule has 1 rings (SSSR count). The van der Waals surface area contributed by atoms with Gasteiger partial charge >= 0.3 is 0 Å². The van der Waals surface area contributed by atoms with Gasteiger partial charge in [0, 0.05) is 0 Å². The Hall–Kier alpha value is -1.51. The number of hydrogen-bond acceptors (Lipinski definition) is 3. The Kier molecular flexibility index (Phi) is 3.51. The third kappa shape index (κ3) is 2.25. The number of ether oxygens (including phenoxy) is 1. The van der Waals surface area contributed by atoms with Crippen LogP contribution in [0.4, 0.5) is 0 Å². The molecule has 0 aromatic rings. The highest BCUT2D eigenvalue weighted by Gasteiger charge is 2.28. The molecule has 1 heterocycles. The molecule has 3 heteroatoms. The minimum Gasteiger partial charge on any atom is -0.508 e. The Bertz CT molecular complexity index is 310. The maximum absolute atomic E-state index is 11.4. The molecule has 0 saturated carbocycles. The third-order valence-corrected chi connectivity index (χ3v) is 1.90. The number of carbonyl (C=O) groups excluding carboxylic acids is 1. The lowest BCUT2D eigenvalue weighted by atomic mass is 10.1. The first kappa shape index (κ1) is 10.6. The van der Waals surface area contributed by atoms with Gasteiger partial charge in [0.05, 0.1) is 6.42 Å². The Morgan fingerprint density at radius 1 is 1.50 bits per heavy atom. The minimum absolute atomic E-state index is 0.112. The van der Waals surface area contributed by atoms with Gasteiger partial charge in [0.2, 0.25) is 0 Å². The molecule has 0 bridgehead atoms. The fourth-order valence-electron chi connectivity index (χ4n) is 1.26. The largest absolute Gasteiger partial charge is 0.508 e. The highest BCUT2D eigenvalue weighted by atomic mass is 16.5. The smallest absolute Gasteiger partial charge is 0.196 e. The van der Waals surface area contributed by atoms with Crippen molar-refractivity contribution in [1.29, 1.82) is 0 Å². The number of allylic oxidation sites excluding steroid dienone is 3. The maximum Gasteiger partial charge on any atom is 0.196 e. The number of carbonyl (C=O) groups is 1. The first-order chi connectivity index (χ1) is 6.69. The van der Waals surface area contributed by atoms with Gasteiger partial charge in [-0.25, -0.2) is 0 Å². The average Bonchev–Trinajstić information content (AvgIpc) is 2.49. The van der Waals surface area contributed by atoms with Crippen molar-refractivity contribution in [1.82, 2.24) is 0 Å². The van der Waals surface area contributed by atoms with Gasteiger partial charge in [0.15, 0.2) is 17.6 Å². The lowest BCUT2D eigenvalue weighted by Gasteiger charge is -2.06. The SMILES string of the molecule is C/C=C/C(=O)[C@@H]1CC(O)=C(/C=C/C)O1. The second kappa shape index (κ2) is 4.65. The zero-order valence-corrected chi connectivity index (χ0v) is 8.36. The van der Waals surface area contributed by atoms with Crippen LogP contribution >= 0.6 is 0 Å². The molecule has 14 heavy (non-hydrogen) atoms. The summed E-state index contributed by atoms with van der Waals surface area (Å²) >= 11 is 0. The van der Waals surface area contributed by atoms with E-state index in [1.807, 2.05) is 6.92 Å². The van der Waals surface area contributed by atoms with E-state index >= 15 is 0 Å². The van der Waals surface area contributed by atoms with E-state index in [-0.39, 0.29) is 18.0 Å². The second-order valence-electron chi connectivity index (χ2n) is 3.02. The van der Waals surface area contributed by atoms with Crippen molar-refractivity contribution >= 4 is 5.78 Å². The number of aliphatic hydroxyl groups excluding tert-OH is 1. The van der Waals surface area contributed by atoms with Gasteiger partial charge in [0.1, 0.15) is 5.76 Å². The molecule has 0 spiro atoms. The standard InChI is InChI=1S/C11H14O3/c1-3-5-8(12)11-7-9(13)10(14-11)6-4-2/h3-6,11,13H,7H2,1-2H3/b5-3+,6-4+/t11-/m0/s1. The van der Waals surface area contributed by atoms with E-state index in [1.54, 1.807) is 25.2 Å². The summed E-state index contributed by atoms with van der Waals surface area (Å²) < 4.78 is 5.27. The number of rotatable bonds is 3. The molecular weight excluding hydrogens is 180 g/mol. The van der Waals surface area contributed by atoms with E-state index in [9.17, 15) is 9.90 Å². The molecule has 0 amide bonds. The van der Waals surface area contributed by atoms with Gasteiger partial charge in [-0.2, -0.15) is 0 Å². The molecule has 0 radical (unpaired) electrons. The molecule has 0 aromatic heterocycles. The molecule has 1 N–H and O–H groups in total. The van der Waals surface area contributed by atoms with E-state index in [4.69, 9.17) is 4.74 Å². The topological polar surface area (TPSA) is 46.5 Å². The Balaban J connectivity index is 2.65. The lowest BCUT2D eigenvalue weighted by molar-refractivity contribution is -0.122. The number of hydrogen-bond donors (Lipinski definition) is 1. The summed E-state index contributed by atoms with van der Waals surface area (Å²) in [6, 6.07) is 0. The fraction of sp³-hybridized carbons (Fsp3) is 0.364. The van der Waals surface area contributed by atoms with Crippen molar-refractivity contribution in [3.05, 3.63) is 35.8 Å². The van der Waals surface area contributed by atoms with E-state index in [0.717, 1.165) is 0 Å². The average molecular weight is 194 g/mol. The zero-order chi connectivity index (χ0) is 10.6. The molecule has 1 aliphatic rings. The van der Waals surface area contributed by atoms with E-state index < -0.39 is 6.10 Å². The lowest BCUT2D eigenvalue weighted by Crippen LogP contribution is -2.17. The van der Waals surface area contributed by atoms with Crippen LogP contribution in [0.5, 0.6) is 0 Å². The monoisotopic (exact) mass is 194 g/mol. The van der Waals surface area contributed by atoms with Crippen LogP contribution in [0, 0.1) is 0 Å². The van der Waals surface area contributed by atoms with Gasteiger partial charge in [-0.15, -0.1) is 0 Å². The Morgan fingerprint density at radius 3 is 2.79 bits per heavy atom. The van der Waals surface area contributed by atoms with E-state index in [0.29, 0.717) is 5.76 Å². The van der Waals surface area contributed by atoms with Crippen LogP contribution in [0.1, 0.15) is 20.3 Å². The second-order valence-corrected chi connectivity index (χ2v) is 3.02. The molecule has 1 aliphatic heterocycles. The van der Waals surface area contributed by atoms with Gasteiger partial charge < -0.3 is 9.84 Å². The minimum atomic E-state index is -0.558. The summed E-state index contributed by atoms with van der Waals surface area (Å²) in [6.45, 7) is 3.59. The Labute approximate surface area is 83.4 Å². The number of ketones is 1. The molecule has 0 unspecified atom stereocenters. The maximum atomic E-state index is 11.4. The van der Waals surface area contributed by atoms with Gasteiger partial charge in [0.25, 0.3) is 0 Å². The molecule has 0 saturated heterocycles. The Morgan fingerprint density at radius 2 is 2.21 bits per heavy atom. The van der Waals surface area contributed by atoms with Crippen LogP contribution in [-0.4, -0.2) is 17.0 Å². The molecule has 1 atom stereocenters. The van der Waals surface area contributed by atoms with Crippen LogP contribution in [0.15, 0.2) is 35.8 Å². The predicted molar refractivity (Wildman–Crippen MR) is 53.8 cm³/mol.